The number of methoxy groups -OCH3 is 1. The number of aliphatic carboxylic acids is 1. The van der Waals surface area contributed by atoms with Crippen LogP contribution in [0.1, 0.15) is 22.3 Å². The van der Waals surface area contributed by atoms with Gasteiger partial charge in [0.2, 0.25) is 0 Å². The summed E-state index contributed by atoms with van der Waals surface area (Å²) in [5.41, 5.74) is 1.49. The molecule has 1 saturated heterocycles. The Hall–Kier alpha value is -3.02. The summed E-state index contributed by atoms with van der Waals surface area (Å²) >= 11 is 0. The highest BCUT2D eigenvalue weighted by Crippen LogP contribution is 2.30. The Balaban J connectivity index is 1.70. The van der Waals surface area contributed by atoms with Gasteiger partial charge in [0.1, 0.15) is 6.61 Å². The van der Waals surface area contributed by atoms with Crippen LogP contribution in [0.5, 0.6) is 11.5 Å². The quantitative estimate of drug-likeness (QED) is 0.862. The van der Waals surface area contributed by atoms with Gasteiger partial charge in [0.15, 0.2) is 11.5 Å². The van der Waals surface area contributed by atoms with E-state index in [4.69, 9.17) is 14.6 Å². The van der Waals surface area contributed by atoms with Crippen molar-refractivity contribution < 1.29 is 24.2 Å². The summed E-state index contributed by atoms with van der Waals surface area (Å²) in [6.45, 7) is 1.09. The maximum atomic E-state index is 12.6. The summed E-state index contributed by atoms with van der Waals surface area (Å²) in [6, 6.07) is 14.8. The SMILES string of the molecule is COc1cc(C(=O)N2CCC(C(=O)O)C2)ccc1OCc1ccccc1. The zero-order valence-corrected chi connectivity index (χ0v) is 14.6. The molecule has 136 valence electrons. The molecular formula is C20H21NO5. The van der Waals surface area contributed by atoms with Crippen molar-refractivity contribution in [3.63, 3.8) is 0 Å². The van der Waals surface area contributed by atoms with Gasteiger partial charge in [0, 0.05) is 18.7 Å². The predicted molar refractivity (Wildman–Crippen MR) is 95.4 cm³/mol. The Kier molecular flexibility index (Phi) is 5.41. The number of carbonyl (C=O) groups excluding carboxylic acids is 1. The number of nitrogens with zero attached hydrogens (tertiary/aromatic N) is 1. The van der Waals surface area contributed by atoms with Crippen LogP contribution in [-0.4, -0.2) is 42.1 Å². The molecule has 0 aliphatic carbocycles. The highest BCUT2D eigenvalue weighted by atomic mass is 16.5. The molecular weight excluding hydrogens is 334 g/mol. The first-order valence-electron chi connectivity index (χ1n) is 8.45. The summed E-state index contributed by atoms with van der Waals surface area (Å²) in [6.07, 6.45) is 0.483. The Morgan fingerprint density at radius 2 is 1.92 bits per heavy atom. The van der Waals surface area contributed by atoms with Crippen molar-refractivity contribution in [2.75, 3.05) is 20.2 Å². The van der Waals surface area contributed by atoms with E-state index in [0.29, 0.717) is 36.6 Å². The van der Waals surface area contributed by atoms with Crippen molar-refractivity contribution in [3.05, 3.63) is 59.7 Å². The smallest absolute Gasteiger partial charge is 0.308 e. The van der Waals surface area contributed by atoms with Crippen molar-refractivity contribution in [3.8, 4) is 11.5 Å². The average Bonchev–Trinajstić information content (AvgIpc) is 3.17. The van der Waals surface area contributed by atoms with E-state index < -0.39 is 11.9 Å². The van der Waals surface area contributed by atoms with Crippen molar-refractivity contribution in [2.24, 2.45) is 5.92 Å². The molecule has 0 saturated carbocycles. The minimum Gasteiger partial charge on any atom is -0.493 e. The molecule has 1 atom stereocenters. The Morgan fingerprint density at radius 1 is 1.15 bits per heavy atom. The van der Waals surface area contributed by atoms with E-state index in [1.165, 1.54) is 7.11 Å². The number of ether oxygens (including phenoxy) is 2. The van der Waals surface area contributed by atoms with Crippen molar-refractivity contribution in [1.82, 2.24) is 4.90 Å². The molecule has 6 heteroatoms. The van der Waals surface area contributed by atoms with E-state index >= 15 is 0 Å². The number of carboxylic acids is 1. The zero-order valence-electron chi connectivity index (χ0n) is 14.6. The lowest BCUT2D eigenvalue weighted by Crippen LogP contribution is -2.29. The van der Waals surface area contributed by atoms with Gasteiger partial charge < -0.3 is 19.5 Å². The van der Waals surface area contributed by atoms with Crippen LogP contribution in [0.15, 0.2) is 48.5 Å². The van der Waals surface area contributed by atoms with Gasteiger partial charge in [-0.3, -0.25) is 9.59 Å². The van der Waals surface area contributed by atoms with Gasteiger partial charge in [0.25, 0.3) is 5.91 Å². The van der Waals surface area contributed by atoms with Gasteiger partial charge in [-0.25, -0.2) is 0 Å². The van der Waals surface area contributed by atoms with E-state index in [9.17, 15) is 9.59 Å². The topological polar surface area (TPSA) is 76.1 Å². The summed E-state index contributed by atoms with van der Waals surface area (Å²) < 4.78 is 11.2. The molecule has 0 bridgehead atoms. The minimum atomic E-state index is -0.859. The number of rotatable bonds is 6. The summed E-state index contributed by atoms with van der Waals surface area (Å²) in [7, 11) is 1.52. The number of hydrogen-bond donors (Lipinski definition) is 1. The van der Waals surface area contributed by atoms with E-state index in [1.54, 1.807) is 23.1 Å². The molecule has 0 radical (unpaired) electrons. The largest absolute Gasteiger partial charge is 0.493 e. The molecule has 2 aromatic rings. The Bertz CT molecular complexity index is 790. The fourth-order valence-corrected chi connectivity index (χ4v) is 2.98. The van der Waals surface area contributed by atoms with Gasteiger partial charge in [-0.05, 0) is 30.2 Å². The Morgan fingerprint density at radius 3 is 2.58 bits per heavy atom. The van der Waals surface area contributed by atoms with Crippen LogP contribution in [0.3, 0.4) is 0 Å². The Labute approximate surface area is 152 Å². The molecule has 1 unspecified atom stereocenters. The fourth-order valence-electron chi connectivity index (χ4n) is 2.98. The lowest BCUT2D eigenvalue weighted by atomic mass is 10.1. The second kappa shape index (κ2) is 7.91. The molecule has 1 amide bonds. The normalized spacial score (nSPS) is 16.3. The molecule has 0 aromatic heterocycles. The fraction of sp³-hybridized carbons (Fsp3) is 0.300. The first-order valence-corrected chi connectivity index (χ1v) is 8.45. The summed E-state index contributed by atoms with van der Waals surface area (Å²) in [5.74, 6) is -0.517. The van der Waals surface area contributed by atoms with Crippen LogP contribution in [0.25, 0.3) is 0 Å². The minimum absolute atomic E-state index is 0.193. The van der Waals surface area contributed by atoms with Crippen LogP contribution in [0, 0.1) is 5.92 Å². The van der Waals surface area contributed by atoms with Gasteiger partial charge >= 0.3 is 5.97 Å². The van der Waals surface area contributed by atoms with E-state index in [1.807, 2.05) is 30.3 Å². The van der Waals surface area contributed by atoms with Crippen molar-refractivity contribution >= 4 is 11.9 Å². The second-order valence-corrected chi connectivity index (χ2v) is 6.21. The third-order valence-corrected chi connectivity index (χ3v) is 4.47. The second-order valence-electron chi connectivity index (χ2n) is 6.21. The number of hydrogen-bond acceptors (Lipinski definition) is 4. The summed E-state index contributed by atoms with van der Waals surface area (Å²) in [4.78, 5) is 25.2. The highest BCUT2D eigenvalue weighted by Gasteiger charge is 2.31. The predicted octanol–water partition coefficient (Wildman–Crippen LogP) is 2.82. The van der Waals surface area contributed by atoms with Gasteiger partial charge in [-0.15, -0.1) is 0 Å². The third-order valence-electron chi connectivity index (χ3n) is 4.47. The van der Waals surface area contributed by atoms with Crippen LogP contribution in [0.2, 0.25) is 0 Å². The molecule has 0 spiro atoms. The molecule has 2 aromatic carbocycles. The van der Waals surface area contributed by atoms with Crippen molar-refractivity contribution in [1.29, 1.82) is 0 Å². The highest BCUT2D eigenvalue weighted by molar-refractivity contribution is 5.95. The van der Waals surface area contributed by atoms with Crippen LogP contribution >= 0.6 is 0 Å². The molecule has 1 aliphatic heterocycles. The molecule has 1 aliphatic rings. The number of carboxylic acid groups (broad SMARTS) is 1. The molecule has 26 heavy (non-hydrogen) atoms. The zero-order chi connectivity index (χ0) is 18.5. The van der Waals surface area contributed by atoms with E-state index in [2.05, 4.69) is 0 Å². The standard InChI is InChI=1S/C20H21NO5/c1-25-18-11-15(19(22)21-10-9-16(12-21)20(23)24)7-8-17(18)26-13-14-5-3-2-4-6-14/h2-8,11,16H,9-10,12-13H2,1H3,(H,23,24). The first-order chi connectivity index (χ1) is 12.6. The molecule has 3 rings (SSSR count). The number of likely N-dealkylation sites (tertiary alicyclic amines) is 1. The van der Waals surface area contributed by atoms with Gasteiger partial charge in [-0.1, -0.05) is 30.3 Å². The average molecular weight is 355 g/mol. The number of carbonyl (C=O) groups is 2. The maximum absolute atomic E-state index is 12.6. The van der Waals surface area contributed by atoms with Crippen LogP contribution < -0.4 is 9.47 Å². The monoisotopic (exact) mass is 355 g/mol. The van der Waals surface area contributed by atoms with Crippen LogP contribution in [0.4, 0.5) is 0 Å². The van der Waals surface area contributed by atoms with Crippen molar-refractivity contribution in [2.45, 2.75) is 13.0 Å². The van der Waals surface area contributed by atoms with Crippen LogP contribution in [-0.2, 0) is 11.4 Å². The molecule has 6 nitrogen and oxygen atoms in total. The van der Waals surface area contributed by atoms with Gasteiger partial charge in [-0.2, -0.15) is 0 Å². The molecule has 1 fully saturated rings. The number of benzene rings is 2. The number of amides is 1. The van der Waals surface area contributed by atoms with E-state index in [0.717, 1.165) is 5.56 Å². The lowest BCUT2D eigenvalue weighted by molar-refractivity contribution is -0.141. The molecule has 1 heterocycles. The third kappa shape index (κ3) is 3.96. The maximum Gasteiger partial charge on any atom is 0.308 e. The first kappa shape index (κ1) is 17.8. The lowest BCUT2D eigenvalue weighted by Gasteiger charge is -2.17. The molecule has 1 N–H and O–H groups in total. The van der Waals surface area contributed by atoms with E-state index in [-0.39, 0.29) is 12.5 Å². The summed E-state index contributed by atoms with van der Waals surface area (Å²) in [5, 5.41) is 9.08. The van der Waals surface area contributed by atoms with Gasteiger partial charge in [0.05, 0.1) is 13.0 Å².